The molecule has 348 valence electrons. The fourth-order valence-corrected chi connectivity index (χ4v) is 4.40. The molecule has 0 bridgehead atoms. The van der Waals surface area contributed by atoms with Crippen LogP contribution in [0.3, 0.4) is 0 Å². The monoisotopic (exact) mass is 938 g/mol. The zero-order valence-corrected chi connectivity index (χ0v) is 32.4. The van der Waals surface area contributed by atoms with Gasteiger partial charge in [-0.15, -0.1) is 20.4 Å². The van der Waals surface area contributed by atoms with Crippen molar-refractivity contribution in [3.05, 3.63) is 72.6 Å². The number of halogens is 13. The smallest absolute Gasteiger partial charge is 0.422 e. The van der Waals surface area contributed by atoms with Gasteiger partial charge >= 0.3 is 23.8 Å². The van der Waals surface area contributed by atoms with Crippen LogP contribution in [0.2, 0.25) is 0 Å². The van der Waals surface area contributed by atoms with Crippen molar-refractivity contribution in [2.75, 3.05) is 26.4 Å². The van der Waals surface area contributed by atoms with Gasteiger partial charge in [0.05, 0.1) is 30.4 Å². The van der Waals surface area contributed by atoms with Crippen LogP contribution in [0.15, 0.2) is 49.3 Å². The van der Waals surface area contributed by atoms with Crippen molar-refractivity contribution in [1.29, 1.82) is 0 Å². The highest BCUT2D eigenvalue weighted by molar-refractivity contribution is 6.21. The van der Waals surface area contributed by atoms with Crippen LogP contribution >= 0.6 is 11.6 Å². The molecule has 14 nitrogen and oxygen atoms in total. The number of pyridine rings is 2. The third-order valence-electron chi connectivity index (χ3n) is 7.01. The average Bonchev–Trinajstić information content (AvgIpc) is 3.81. The predicted molar refractivity (Wildman–Crippen MR) is 201 cm³/mol. The molecule has 0 amide bonds. The lowest BCUT2D eigenvalue weighted by Gasteiger charge is -2.16. The Morgan fingerprint density at radius 3 is 1.37 bits per heavy atom. The Labute approximate surface area is 355 Å². The summed E-state index contributed by atoms with van der Waals surface area (Å²) in [7, 11) is 0. The van der Waals surface area contributed by atoms with Gasteiger partial charge in [-0.2, -0.15) is 43.9 Å². The number of hydrogen-bond acceptors (Lipinski definition) is 12. The lowest BCUT2D eigenvalue weighted by molar-refractivity contribution is -0.258. The first kappa shape index (κ1) is 53.5. The largest absolute Gasteiger partial charge is 0.466 e. The van der Waals surface area contributed by atoms with Crippen LogP contribution < -0.4 is 9.47 Å². The number of hydrogen-bond donors (Lipinski definition) is 1. The molecular weight excluding hydrogens is 900 g/mol. The quantitative estimate of drug-likeness (QED) is 0.0916. The van der Waals surface area contributed by atoms with Crippen molar-refractivity contribution in [3.8, 4) is 34.3 Å². The topological polar surface area (TPSA) is 160 Å². The lowest BCUT2D eigenvalue weighted by atomic mass is 10.2. The summed E-state index contributed by atoms with van der Waals surface area (Å²) in [5.41, 5.74) is -0.0610. The molecule has 0 spiro atoms. The third kappa shape index (κ3) is 15.3. The summed E-state index contributed by atoms with van der Waals surface area (Å²) in [6.45, 7) is 3.99. The van der Waals surface area contributed by atoms with Crippen molar-refractivity contribution in [3.63, 3.8) is 0 Å². The minimum absolute atomic E-state index is 0. The predicted octanol–water partition coefficient (Wildman–Crippen LogP) is 9.45. The van der Waals surface area contributed by atoms with Gasteiger partial charge in [-0.1, -0.05) is 42.5 Å². The Balaban J connectivity index is 0.000000383. The molecular formula is C36H39ClF12N10O4. The van der Waals surface area contributed by atoms with E-state index in [4.69, 9.17) is 16.7 Å². The molecule has 63 heavy (non-hydrogen) atoms. The SMILES string of the molecule is C.C.CC(C)CO.CC(C)COC(F)(F)c1nnc2cnc(-c3cnc(OCC(F)(F)F)c(F)c3)cn12.Fc1cc(-c2cn3c(C(F)(F)Cl)nnc3cn2)cnc1OCC(F)(F)F. The maximum Gasteiger partial charge on any atom is 0.422 e. The first-order valence-corrected chi connectivity index (χ1v) is 17.5. The molecule has 0 saturated heterocycles. The Morgan fingerprint density at radius 2 is 1.02 bits per heavy atom. The van der Waals surface area contributed by atoms with E-state index in [-0.39, 0.29) is 61.2 Å². The number of ether oxygens (including phenoxy) is 3. The van der Waals surface area contributed by atoms with Gasteiger partial charge in [0.25, 0.3) is 11.8 Å². The van der Waals surface area contributed by atoms with Gasteiger partial charge < -0.3 is 19.3 Å². The Morgan fingerprint density at radius 1 is 0.619 bits per heavy atom. The number of rotatable bonds is 12. The summed E-state index contributed by atoms with van der Waals surface area (Å²) in [5.74, 6) is -5.46. The second-order valence-corrected chi connectivity index (χ2v) is 13.6. The normalized spacial score (nSPS) is 12.0. The molecule has 6 aromatic rings. The number of nitrogens with zero attached hydrogens (tertiary/aromatic N) is 10. The molecule has 1 N–H and O–H groups in total. The van der Waals surface area contributed by atoms with E-state index >= 15 is 0 Å². The van der Waals surface area contributed by atoms with Gasteiger partial charge in [0.2, 0.25) is 11.6 Å². The average molecular weight is 939 g/mol. The molecule has 0 unspecified atom stereocenters. The second-order valence-electron chi connectivity index (χ2n) is 13.2. The van der Waals surface area contributed by atoms with Gasteiger partial charge in [0.15, 0.2) is 36.1 Å². The number of aliphatic hydroxyl groups is 1. The molecule has 0 aliphatic carbocycles. The molecule has 0 aliphatic rings. The van der Waals surface area contributed by atoms with E-state index in [1.54, 1.807) is 13.8 Å². The second kappa shape index (κ2) is 21.6. The molecule has 0 aliphatic heterocycles. The van der Waals surface area contributed by atoms with Gasteiger partial charge in [-0.25, -0.2) is 18.7 Å². The fraction of sp³-hybridized carbons (Fsp3) is 0.444. The summed E-state index contributed by atoms with van der Waals surface area (Å²) in [6.07, 6.45) is -6.70. The number of aliphatic hydroxyl groups excluding tert-OH is 1. The molecule has 0 atom stereocenters. The maximum absolute atomic E-state index is 14.4. The third-order valence-corrected chi connectivity index (χ3v) is 7.18. The molecule has 0 saturated carbocycles. The van der Waals surface area contributed by atoms with Crippen LogP contribution in [-0.4, -0.2) is 93.0 Å². The molecule has 0 aromatic carbocycles. The molecule has 6 aromatic heterocycles. The highest BCUT2D eigenvalue weighted by Gasteiger charge is 2.39. The highest BCUT2D eigenvalue weighted by Crippen LogP contribution is 2.33. The van der Waals surface area contributed by atoms with Gasteiger partial charge in [0.1, 0.15) is 0 Å². The van der Waals surface area contributed by atoms with Crippen LogP contribution in [-0.2, 0) is 16.2 Å². The summed E-state index contributed by atoms with van der Waals surface area (Å²) in [5, 5.41) is 18.1. The van der Waals surface area contributed by atoms with Crippen molar-refractivity contribution in [2.24, 2.45) is 11.8 Å². The standard InChI is InChI=1S/C17H15F6N5O2.C13H6ClF6N5O.C4H10O.2CH4/c1-9(2)7-30-17(22,23)15-27-26-13-5-24-12(6-28(13)15)10-3-11(18)14(25-4-10)29-8-16(19,20)21;14-13(19,20)11-24-23-9-3-21-8(4-25(9)11)6-1-7(15)10(22-2-6)26-5-12(16,17)18;1-4(2)3-5;;/h3-6,9H,7-8H2,1-2H3;1-4H,5H2;4-5H,3H2,1-2H3;2*1H4. The lowest BCUT2D eigenvalue weighted by Crippen LogP contribution is -2.24. The summed E-state index contributed by atoms with van der Waals surface area (Å²) >= 11 is 4.94. The first-order chi connectivity index (χ1) is 28.3. The van der Waals surface area contributed by atoms with Gasteiger partial charge in [-0.3, -0.25) is 18.8 Å². The number of aromatic nitrogens is 10. The van der Waals surface area contributed by atoms with E-state index in [2.05, 4.69) is 54.5 Å². The van der Waals surface area contributed by atoms with Crippen molar-refractivity contribution >= 4 is 22.9 Å². The Kier molecular flexibility index (Phi) is 18.4. The summed E-state index contributed by atoms with van der Waals surface area (Å²) in [4.78, 5) is 14.8. The van der Waals surface area contributed by atoms with E-state index in [0.29, 0.717) is 12.5 Å². The van der Waals surface area contributed by atoms with Crippen LogP contribution in [0.4, 0.5) is 52.7 Å². The van der Waals surface area contributed by atoms with E-state index in [1.165, 1.54) is 0 Å². The molecule has 6 rings (SSSR count). The minimum Gasteiger partial charge on any atom is -0.466 e. The van der Waals surface area contributed by atoms with Crippen molar-refractivity contribution < 1.29 is 72.0 Å². The zero-order chi connectivity index (χ0) is 45.5. The fourth-order valence-electron chi connectivity index (χ4n) is 4.27. The molecule has 6 heterocycles. The van der Waals surface area contributed by atoms with Gasteiger partial charge in [0, 0.05) is 42.5 Å². The van der Waals surface area contributed by atoms with Crippen molar-refractivity contribution in [1.82, 2.24) is 49.1 Å². The Hall–Kier alpha value is -5.63. The van der Waals surface area contributed by atoms with Crippen LogP contribution in [0.1, 0.15) is 54.2 Å². The van der Waals surface area contributed by atoms with E-state index in [9.17, 15) is 52.7 Å². The summed E-state index contributed by atoms with van der Waals surface area (Å²) in [6, 6.07) is 1.63. The van der Waals surface area contributed by atoms with Crippen LogP contribution in [0.5, 0.6) is 11.8 Å². The van der Waals surface area contributed by atoms with E-state index < -0.39 is 72.1 Å². The molecule has 27 heteroatoms. The number of fused-ring (bicyclic) bond motifs is 2. The first-order valence-electron chi connectivity index (χ1n) is 17.1. The van der Waals surface area contributed by atoms with Gasteiger partial charge in [-0.05, 0) is 35.6 Å². The van der Waals surface area contributed by atoms with E-state index in [1.807, 2.05) is 13.8 Å². The van der Waals surface area contributed by atoms with Crippen LogP contribution in [0.25, 0.3) is 33.8 Å². The zero-order valence-electron chi connectivity index (χ0n) is 31.7. The molecule has 0 radical (unpaired) electrons. The minimum atomic E-state index is -4.66. The number of alkyl halides is 11. The van der Waals surface area contributed by atoms with E-state index in [0.717, 1.165) is 58.1 Å². The Bertz CT molecular complexity index is 2390. The van der Waals surface area contributed by atoms with Crippen molar-refractivity contribution in [2.45, 2.75) is 66.4 Å². The summed E-state index contributed by atoms with van der Waals surface area (Å²) < 4.78 is 171. The van der Waals surface area contributed by atoms with Crippen LogP contribution in [0, 0.1) is 23.5 Å². The molecule has 0 fully saturated rings. The highest BCUT2D eigenvalue weighted by atomic mass is 35.5. The maximum atomic E-state index is 14.4.